The molecule has 1 amide bonds. The molecule has 5 heteroatoms. The van der Waals surface area contributed by atoms with Crippen LogP contribution in [0.15, 0.2) is 0 Å². The van der Waals surface area contributed by atoms with E-state index < -0.39 is 0 Å². The van der Waals surface area contributed by atoms with E-state index in [1.54, 1.807) is 0 Å². The number of likely N-dealkylation sites (tertiary alicyclic amines) is 1. The SMILES string of the molecule is CCCNC1COCC1C(=O)N1CCC(C(C)O)CC1. The van der Waals surface area contributed by atoms with Crippen molar-refractivity contribution in [3.05, 3.63) is 0 Å². The van der Waals surface area contributed by atoms with Crippen molar-refractivity contribution < 1.29 is 14.6 Å². The van der Waals surface area contributed by atoms with Gasteiger partial charge in [-0.3, -0.25) is 4.79 Å². The molecule has 0 aliphatic carbocycles. The maximum absolute atomic E-state index is 12.6. The number of aliphatic hydroxyl groups is 1. The number of hydrogen-bond acceptors (Lipinski definition) is 4. The van der Waals surface area contributed by atoms with E-state index in [2.05, 4.69) is 12.2 Å². The molecule has 2 fully saturated rings. The average Bonchev–Trinajstić information content (AvgIpc) is 2.92. The van der Waals surface area contributed by atoms with Crippen LogP contribution in [-0.4, -0.2) is 60.9 Å². The number of hydrogen-bond donors (Lipinski definition) is 2. The molecule has 5 nitrogen and oxygen atoms in total. The lowest BCUT2D eigenvalue weighted by Crippen LogP contribution is -2.49. The fourth-order valence-corrected chi connectivity index (χ4v) is 3.17. The number of nitrogens with one attached hydrogen (secondary N) is 1. The van der Waals surface area contributed by atoms with Crippen molar-refractivity contribution in [1.82, 2.24) is 10.2 Å². The third-order valence-electron chi connectivity index (χ3n) is 4.59. The number of rotatable bonds is 5. The normalized spacial score (nSPS) is 29.6. The first-order valence-electron chi connectivity index (χ1n) is 7.91. The van der Waals surface area contributed by atoms with Gasteiger partial charge in [0.15, 0.2) is 0 Å². The van der Waals surface area contributed by atoms with Gasteiger partial charge in [-0.25, -0.2) is 0 Å². The summed E-state index contributed by atoms with van der Waals surface area (Å²) >= 11 is 0. The lowest BCUT2D eigenvalue weighted by Gasteiger charge is -2.35. The first kappa shape index (κ1) is 15.7. The zero-order valence-electron chi connectivity index (χ0n) is 12.7. The van der Waals surface area contributed by atoms with Crippen molar-refractivity contribution >= 4 is 5.91 Å². The molecule has 116 valence electrons. The number of carbonyl (C=O) groups excluding carboxylic acids is 1. The lowest BCUT2D eigenvalue weighted by molar-refractivity contribution is -0.138. The average molecular weight is 284 g/mol. The minimum atomic E-state index is -0.263. The molecule has 20 heavy (non-hydrogen) atoms. The van der Waals surface area contributed by atoms with Gasteiger partial charge in [-0.2, -0.15) is 0 Å². The Labute approximate surface area is 121 Å². The van der Waals surface area contributed by atoms with E-state index in [9.17, 15) is 9.90 Å². The largest absolute Gasteiger partial charge is 0.393 e. The number of carbonyl (C=O) groups is 1. The van der Waals surface area contributed by atoms with Crippen LogP contribution in [0.25, 0.3) is 0 Å². The summed E-state index contributed by atoms with van der Waals surface area (Å²) in [6, 6.07) is 0.164. The molecule has 2 aliphatic heterocycles. The van der Waals surface area contributed by atoms with E-state index in [1.165, 1.54) is 0 Å². The highest BCUT2D eigenvalue weighted by Crippen LogP contribution is 2.24. The van der Waals surface area contributed by atoms with E-state index in [1.807, 2.05) is 11.8 Å². The molecule has 3 atom stereocenters. The Morgan fingerprint density at radius 1 is 1.40 bits per heavy atom. The molecule has 0 aromatic heterocycles. The second kappa shape index (κ2) is 7.38. The van der Waals surface area contributed by atoms with Gasteiger partial charge in [0.05, 0.1) is 25.2 Å². The molecule has 2 N–H and O–H groups in total. The van der Waals surface area contributed by atoms with Gasteiger partial charge < -0.3 is 20.1 Å². The van der Waals surface area contributed by atoms with Crippen molar-refractivity contribution in [2.45, 2.75) is 45.3 Å². The quantitative estimate of drug-likeness (QED) is 0.777. The zero-order chi connectivity index (χ0) is 14.5. The molecule has 0 spiro atoms. The third kappa shape index (κ3) is 3.71. The Kier molecular flexibility index (Phi) is 5.81. The molecule has 2 rings (SSSR count). The van der Waals surface area contributed by atoms with Gasteiger partial charge in [-0.05, 0) is 38.6 Å². The summed E-state index contributed by atoms with van der Waals surface area (Å²) in [6.07, 6.45) is 2.62. The second-order valence-corrected chi connectivity index (χ2v) is 6.11. The van der Waals surface area contributed by atoms with Crippen LogP contribution >= 0.6 is 0 Å². The molecule has 2 aliphatic rings. The van der Waals surface area contributed by atoms with Gasteiger partial charge >= 0.3 is 0 Å². The van der Waals surface area contributed by atoms with Crippen molar-refractivity contribution in [1.29, 1.82) is 0 Å². The summed E-state index contributed by atoms with van der Waals surface area (Å²) in [5, 5.41) is 13.0. The third-order valence-corrected chi connectivity index (χ3v) is 4.59. The van der Waals surface area contributed by atoms with Gasteiger partial charge in [0.25, 0.3) is 0 Å². The maximum atomic E-state index is 12.6. The van der Waals surface area contributed by atoms with Gasteiger partial charge in [0, 0.05) is 19.1 Å². The van der Waals surface area contributed by atoms with Crippen molar-refractivity contribution in [3.63, 3.8) is 0 Å². The molecule has 0 aromatic carbocycles. The topological polar surface area (TPSA) is 61.8 Å². The first-order chi connectivity index (χ1) is 9.63. The Balaban J connectivity index is 1.85. The standard InChI is InChI=1S/C15H28N2O3/c1-3-6-16-14-10-20-9-13(14)15(19)17-7-4-12(5-8-17)11(2)18/h11-14,16,18H,3-10H2,1-2H3. The minimum absolute atomic E-state index is 0.0374. The van der Waals surface area contributed by atoms with E-state index in [4.69, 9.17) is 4.74 Å². The molecular weight excluding hydrogens is 256 g/mol. The van der Waals surface area contributed by atoms with Crippen LogP contribution in [0.2, 0.25) is 0 Å². The molecule has 0 radical (unpaired) electrons. The van der Waals surface area contributed by atoms with E-state index in [0.717, 1.165) is 38.9 Å². The van der Waals surface area contributed by atoms with Gasteiger partial charge in [-0.1, -0.05) is 6.92 Å². The zero-order valence-corrected chi connectivity index (χ0v) is 12.7. The summed E-state index contributed by atoms with van der Waals surface area (Å²) in [5.41, 5.74) is 0. The Morgan fingerprint density at radius 2 is 2.10 bits per heavy atom. The maximum Gasteiger partial charge on any atom is 0.229 e. The van der Waals surface area contributed by atoms with Gasteiger partial charge in [-0.15, -0.1) is 0 Å². The lowest BCUT2D eigenvalue weighted by atomic mass is 9.91. The summed E-state index contributed by atoms with van der Waals surface area (Å²) in [5.74, 6) is 0.526. The summed E-state index contributed by atoms with van der Waals surface area (Å²) in [7, 11) is 0. The number of amides is 1. The van der Waals surface area contributed by atoms with E-state index in [0.29, 0.717) is 19.1 Å². The molecule has 0 saturated carbocycles. The Hall–Kier alpha value is -0.650. The van der Waals surface area contributed by atoms with Crippen LogP contribution < -0.4 is 5.32 Å². The monoisotopic (exact) mass is 284 g/mol. The van der Waals surface area contributed by atoms with Crippen molar-refractivity contribution in [3.8, 4) is 0 Å². The number of piperidine rings is 1. The number of nitrogens with zero attached hydrogens (tertiary/aromatic N) is 1. The molecule has 3 unspecified atom stereocenters. The fraction of sp³-hybridized carbons (Fsp3) is 0.933. The van der Waals surface area contributed by atoms with Gasteiger partial charge in [0.1, 0.15) is 0 Å². The summed E-state index contributed by atoms with van der Waals surface area (Å²) in [6.45, 7) is 7.62. The minimum Gasteiger partial charge on any atom is -0.393 e. The highest BCUT2D eigenvalue weighted by molar-refractivity contribution is 5.80. The predicted molar refractivity (Wildman–Crippen MR) is 77.4 cm³/mol. The summed E-state index contributed by atoms with van der Waals surface area (Å²) < 4.78 is 5.49. The molecular formula is C15H28N2O3. The molecule has 2 saturated heterocycles. The highest BCUT2D eigenvalue weighted by atomic mass is 16.5. The smallest absolute Gasteiger partial charge is 0.229 e. The number of ether oxygens (including phenoxy) is 1. The summed E-state index contributed by atoms with van der Waals surface area (Å²) in [4.78, 5) is 14.6. The highest BCUT2D eigenvalue weighted by Gasteiger charge is 2.37. The molecule has 0 aromatic rings. The molecule has 0 bridgehead atoms. The number of aliphatic hydroxyl groups excluding tert-OH is 1. The molecule has 2 heterocycles. The van der Waals surface area contributed by atoms with Crippen LogP contribution in [0, 0.1) is 11.8 Å². The Morgan fingerprint density at radius 3 is 2.70 bits per heavy atom. The predicted octanol–water partition coefficient (Wildman–Crippen LogP) is 0.620. The Bertz CT molecular complexity index is 314. The van der Waals surface area contributed by atoms with Crippen LogP contribution in [0.1, 0.15) is 33.1 Å². The first-order valence-corrected chi connectivity index (χ1v) is 7.91. The van der Waals surface area contributed by atoms with Gasteiger partial charge in [0.2, 0.25) is 5.91 Å². The van der Waals surface area contributed by atoms with E-state index >= 15 is 0 Å². The van der Waals surface area contributed by atoms with Crippen molar-refractivity contribution in [2.24, 2.45) is 11.8 Å². The van der Waals surface area contributed by atoms with Crippen LogP contribution in [0.5, 0.6) is 0 Å². The van der Waals surface area contributed by atoms with Crippen LogP contribution in [0.3, 0.4) is 0 Å². The van der Waals surface area contributed by atoms with Crippen LogP contribution in [0.4, 0.5) is 0 Å². The fourth-order valence-electron chi connectivity index (χ4n) is 3.17. The van der Waals surface area contributed by atoms with E-state index in [-0.39, 0.29) is 24.0 Å². The van der Waals surface area contributed by atoms with Crippen molar-refractivity contribution in [2.75, 3.05) is 32.8 Å². The van der Waals surface area contributed by atoms with Crippen LogP contribution in [-0.2, 0) is 9.53 Å². The second-order valence-electron chi connectivity index (χ2n) is 6.11.